The molecule has 0 fully saturated rings. The van der Waals surface area contributed by atoms with Crippen molar-refractivity contribution in [3.63, 3.8) is 0 Å². The minimum atomic E-state index is -4.00. The highest BCUT2D eigenvalue weighted by Gasteiger charge is 2.29. The van der Waals surface area contributed by atoms with Crippen molar-refractivity contribution in [1.29, 1.82) is 0 Å². The average Bonchev–Trinajstić information content (AvgIpc) is 3.20. The van der Waals surface area contributed by atoms with Gasteiger partial charge in [0.15, 0.2) is 0 Å². The number of carbonyl (C=O) groups excluding carboxylic acids is 1. The van der Waals surface area contributed by atoms with Crippen LogP contribution in [0.15, 0.2) is 58.2 Å². The molecule has 0 aliphatic carbocycles. The first-order valence-electron chi connectivity index (χ1n) is 9.96. The number of nitrogens with zero attached hydrogens (tertiary/aromatic N) is 2. The third kappa shape index (κ3) is 7.18. The Morgan fingerprint density at radius 1 is 1.12 bits per heavy atom. The summed E-state index contributed by atoms with van der Waals surface area (Å²) in [6.45, 7) is 5.20. The van der Waals surface area contributed by atoms with Crippen LogP contribution in [0.25, 0.3) is 0 Å². The maximum atomic E-state index is 12.8. The molecule has 0 saturated heterocycles. The molecule has 1 aromatic heterocycles. The minimum Gasteiger partial charge on any atom is -0.444 e. The summed E-state index contributed by atoms with van der Waals surface area (Å²) in [5.74, 6) is -0.515. The number of hydrogen-bond donors (Lipinski definition) is 1. The Morgan fingerprint density at radius 3 is 2.45 bits per heavy atom. The Hall–Kier alpha value is -2.62. The van der Waals surface area contributed by atoms with Gasteiger partial charge >= 0.3 is 11.3 Å². The molecule has 11 heteroatoms. The van der Waals surface area contributed by atoms with E-state index in [1.54, 1.807) is 20.8 Å². The van der Waals surface area contributed by atoms with Crippen LogP contribution in [-0.2, 0) is 26.7 Å². The molecule has 3 aromatic rings. The lowest BCUT2D eigenvalue weighted by Gasteiger charge is -2.22. The lowest BCUT2D eigenvalue weighted by atomic mass is 10.1. The van der Waals surface area contributed by atoms with Crippen LogP contribution in [0.2, 0.25) is 10.0 Å². The average molecular weight is 512 g/mol. The highest BCUT2D eigenvalue weighted by atomic mass is 35.5. The molecule has 8 nitrogen and oxygen atoms in total. The number of ether oxygens (including phenoxy) is 1. The van der Waals surface area contributed by atoms with Gasteiger partial charge in [0.1, 0.15) is 11.6 Å². The molecule has 1 atom stereocenters. The van der Waals surface area contributed by atoms with Crippen molar-refractivity contribution < 1.29 is 22.4 Å². The molecule has 0 radical (unpaired) electrons. The second-order valence-electron chi connectivity index (χ2n) is 8.29. The van der Waals surface area contributed by atoms with Gasteiger partial charge in [-0.15, -0.1) is 5.10 Å². The second-order valence-corrected chi connectivity index (χ2v) is 11.0. The predicted molar refractivity (Wildman–Crippen MR) is 124 cm³/mol. The normalized spacial score (nSPS) is 12.9. The van der Waals surface area contributed by atoms with E-state index >= 15 is 0 Å². The molecule has 0 aliphatic rings. The van der Waals surface area contributed by atoms with Crippen LogP contribution in [0.5, 0.6) is 0 Å². The summed E-state index contributed by atoms with van der Waals surface area (Å²) in [6, 6.07) is 13.0. The quantitative estimate of drug-likeness (QED) is 0.466. The number of halogens is 2. The van der Waals surface area contributed by atoms with Crippen molar-refractivity contribution in [1.82, 2.24) is 15.5 Å². The molecule has 0 spiro atoms. The molecule has 0 bridgehead atoms. The maximum Gasteiger partial charge on any atom is 0.408 e. The Morgan fingerprint density at radius 2 is 1.82 bits per heavy atom. The highest BCUT2D eigenvalue weighted by molar-refractivity contribution is 7.90. The number of carbonyl (C=O) groups is 1. The molecule has 3 rings (SSSR count). The molecule has 1 N–H and O–H groups in total. The van der Waals surface area contributed by atoms with Crippen molar-refractivity contribution in [3.8, 4) is 0 Å². The number of rotatable bonds is 7. The van der Waals surface area contributed by atoms with Gasteiger partial charge in [-0.2, -0.15) is 0 Å². The number of aromatic nitrogens is 2. The summed E-state index contributed by atoms with van der Waals surface area (Å²) in [6.07, 6.45) is -0.413. The van der Waals surface area contributed by atoms with Crippen LogP contribution >= 0.6 is 23.2 Å². The third-order valence-electron chi connectivity index (χ3n) is 4.32. The van der Waals surface area contributed by atoms with Crippen LogP contribution in [0.4, 0.5) is 4.79 Å². The van der Waals surface area contributed by atoms with E-state index in [4.69, 9.17) is 32.4 Å². The van der Waals surface area contributed by atoms with E-state index < -0.39 is 38.5 Å². The van der Waals surface area contributed by atoms with Crippen LogP contribution in [0.1, 0.15) is 43.8 Å². The molecule has 176 valence electrons. The maximum absolute atomic E-state index is 12.8. The standard InChI is InChI=1S/C22H23Cl2N3O5S/c1-22(2,3)32-20(28)25-18(11-14-7-5-4-6-8-14)19-26-27-21(31-19)33(29,30)13-15-9-10-16(23)12-17(15)24/h4-10,12,18H,11,13H2,1-3H3,(H,25,28). The number of benzene rings is 2. The van der Waals surface area contributed by atoms with Crippen molar-refractivity contribution in [3.05, 3.63) is 75.6 Å². The zero-order valence-corrected chi connectivity index (χ0v) is 20.5. The zero-order valence-electron chi connectivity index (χ0n) is 18.2. The Labute approximate surface area is 202 Å². The molecule has 2 aromatic carbocycles. The molecule has 1 heterocycles. The summed E-state index contributed by atoms with van der Waals surface area (Å²) in [7, 11) is -4.00. The number of amides is 1. The summed E-state index contributed by atoms with van der Waals surface area (Å²) < 4.78 is 36.5. The van der Waals surface area contributed by atoms with Gasteiger partial charge in [-0.05, 0) is 44.0 Å². The van der Waals surface area contributed by atoms with E-state index in [9.17, 15) is 13.2 Å². The monoisotopic (exact) mass is 511 g/mol. The van der Waals surface area contributed by atoms with E-state index in [0.717, 1.165) is 5.56 Å². The van der Waals surface area contributed by atoms with E-state index in [1.807, 2.05) is 30.3 Å². The lowest BCUT2D eigenvalue weighted by Crippen LogP contribution is -2.36. The van der Waals surface area contributed by atoms with Gasteiger partial charge in [0.25, 0.3) is 0 Å². The van der Waals surface area contributed by atoms with Gasteiger partial charge in [-0.1, -0.05) is 64.7 Å². The van der Waals surface area contributed by atoms with Crippen LogP contribution in [0.3, 0.4) is 0 Å². The minimum absolute atomic E-state index is 0.0644. The first-order valence-corrected chi connectivity index (χ1v) is 12.4. The molecular weight excluding hydrogens is 489 g/mol. The lowest BCUT2D eigenvalue weighted by molar-refractivity contribution is 0.0494. The highest BCUT2D eigenvalue weighted by Crippen LogP contribution is 2.26. The van der Waals surface area contributed by atoms with Crippen LogP contribution in [-0.4, -0.2) is 30.3 Å². The fraction of sp³-hybridized carbons (Fsp3) is 0.318. The van der Waals surface area contributed by atoms with E-state index in [1.165, 1.54) is 18.2 Å². The number of alkyl carbamates (subject to hydrolysis) is 1. The van der Waals surface area contributed by atoms with Gasteiger partial charge in [0.05, 0.1) is 5.75 Å². The first kappa shape index (κ1) is 25.0. The van der Waals surface area contributed by atoms with Crippen molar-refractivity contribution >= 4 is 39.1 Å². The summed E-state index contributed by atoms with van der Waals surface area (Å²) >= 11 is 12.0. The van der Waals surface area contributed by atoms with Gasteiger partial charge in [-0.25, -0.2) is 13.2 Å². The van der Waals surface area contributed by atoms with Gasteiger partial charge < -0.3 is 14.5 Å². The summed E-state index contributed by atoms with van der Waals surface area (Å²) in [4.78, 5) is 12.4. The van der Waals surface area contributed by atoms with Crippen LogP contribution < -0.4 is 5.32 Å². The number of nitrogens with one attached hydrogen (secondary N) is 1. The molecule has 0 aliphatic heterocycles. The molecular formula is C22H23Cl2N3O5S. The second kappa shape index (κ2) is 10.1. The Kier molecular flexibility index (Phi) is 7.66. The summed E-state index contributed by atoms with van der Waals surface area (Å²) in [5.41, 5.74) is 0.491. The molecule has 1 unspecified atom stereocenters. The molecule has 0 saturated carbocycles. The fourth-order valence-electron chi connectivity index (χ4n) is 2.89. The SMILES string of the molecule is CC(C)(C)OC(=O)NC(Cc1ccccc1)c1nnc(S(=O)(=O)Cc2ccc(Cl)cc2Cl)o1. The van der Waals surface area contributed by atoms with Crippen LogP contribution in [0, 0.1) is 0 Å². The van der Waals surface area contributed by atoms with E-state index in [-0.39, 0.29) is 17.3 Å². The van der Waals surface area contributed by atoms with E-state index in [0.29, 0.717) is 10.6 Å². The fourth-order valence-corrected chi connectivity index (χ4v) is 4.61. The van der Waals surface area contributed by atoms with E-state index in [2.05, 4.69) is 15.5 Å². The zero-order chi connectivity index (χ0) is 24.2. The summed E-state index contributed by atoms with van der Waals surface area (Å²) in [5, 5.41) is 10.3. The number of sulfone groups is 1. The first-order chi connectivity index (χ1) is 15.4. The van der Waals surface area contributed by atoms with Gasteiger partial charge in [0.2, 0.25) is 15.7 Å². The van der Waals surface area contributed by atoms with Gasteiger partial charge in [0, 0.05) is 16.5 Å². The largest absolute Gasteiger partial charge is 0.444 e. The molecule has 1 amide bonds. The van der Waals surface area contributed by atoms with Crippen molar-refractivity contribution in [2.75, 3.05) is 0 Å². The number of hydrogen-bond acceptors (Lipinski definition) is 7. The molecule has 33 heavy (non-hydrogen) atoms. The predicted octanol–water partition coefficient (Wildman–Crippen LogP) is 5.16. The topological polar surface area (TPSA) is 111 Å². The smallest absolute Gasteiger partial charge is 0.408 e. The van der Waals surface area contributed by atoms with Gasteiger partial charge in [-0.3, -0.25) is 0 Å². The Balaban J connectivity index is 1.85. The van der Waals surface area contributed by atoms with Crippen molar-refractivity contribution in [2.24, 2.45) is 0 Å². The Bertz CT molecular complexity index is 1220. The third-order valence-corrected chi connectivity index (χ3v) is 6.30. The van der Waals surface area contributed by atoms with Crippen molar-refractivity contribution in [2.45, 2.75) is 49.8 Å².